The summed E-state index contributed by atoms with van der Waals surface area (Å²) < 4.78 is 6.04. The Kier molecular flexibility index (Phi) is 6.24. The van der Waals surface area contributed by atoms with E-state index < -0.39 is 6.10 Å². The van der Waals surface area contributed by atoms with E-state index in [4.69, 9.17) is 4.74 Å². The molecular weight excluding hydrogens is 366 g/mol. The molecule has 1 aliphatic rings. The number of carbonyl (C=O) groups excluding carboxylic acids is 2. The van der Waals surface area contributed by atoms with Crippen molar-refractivity contribution in [3.8, 4) is 0 Å². The minimum Gasteiger partial charge on any atom is -0.453 e. The van der Waals surface area contributed by atoms with Crippen LogP contribution < -0.4 is 5.43 Å². The lowest BCUT2D eigenvalue weighted by molar-refractivity contribution is -0.862. The SMILES string of the molecule is C[N+](C)(C)CC(=O)N/N=C(/C=Cc1ccccc1)CC1OC(=O)c2ccccc21. The fourth-order valence-corrected chi connectivity index (χ4v) is 3.07. The maximum Gasteiger partial charge on any atom is 0.339 e. The number of nitrogens with one attached hydrogen (secondary N) is 1. The minimum absolute atomic E-state index is 0.174. The highest BCUT2D eigenvalue weighted by molar-refractivity contribution is 6.01. The van der Waals surface area contributed by atoms with E-state index in [9.17, 15) is 9.59 Å². The number of benzene rings is 2. The monoisotopic (exact) mass is 392 g/mol. The molecule has 6 heteroatoms. The molecular formula is C23H26N3O3+. The summed E-state index contributed by atoms with van der Waals surface area (Å²) >= 11 is 0. The lowest BCUT2D eigenvalue weighted by Gasteiger charge is -2.22. The van der Waals surface area contributed by atoms with Gasteiger partial charge in [0.25, 0.3) is 5.91 Å². The molecule has 0 saturated heterocycles. The molecule has 1 N–H and O–H groups in total. The van der Waals surface area contributed by atoms with Gasteiger partial charge in [0.05, 0.1) is 32.4 Å². The Balaban J connectivity index is 1.79. The molecule has 0 saturated carbocycles. The Labute approximate surface area is 171 Å². The molecule has 0 radical (unpaired) electrons. The molecule has 1 aliphatic heterocycles. The second-order valence-electron chi connectivity index (χ2n) is 8.02. The van der Waals surface area contributed by atoms with Crippen molar-refractivity contribution >= 4 is 23.7 Å². The number of cyclic esters (lactones) is 1. The first-order valence-corrected chi connectivity index (χ1v) is 9.51. The van der Waals surface area contributed by atoms with Crippen molar-refractivity contribution in [1.82, 2.24) is 5.43 Å². The Bertz CT molecular complexity index is 943. The second-order valence-corrected chi connectivity index (χ2v) is 8.02. The van der Waals surface area contributed by atoms with Crippen molar-refractivity contribution in [2.45, 2.75) is 12.5 Å². The van der Waals surface area contributed by atoms with Crippen LogP contribution in [-0.2, 0) is 9.53 Å². The van der Waals surface area contributed by atoms with E-state index in [1.807, 2.05) is 81.8 Å². The number of quaternary nitrogens is 1. The zero-order chi connectivity index (χ0) is 20.9. The van der Waals surface area contributed by atoms with E-state index in [1.165, 1.54) is 0 Å². The minimum atomic E-state index is -0.423. The van der Waals surface area contributed by atoms with Crippen LogP contribution in [0.4, 0.5) is 0 Å². The summed E-state index contributed by atoms with van der Waals surface area (Å²) in [5.74, 6) is -0.502. The van der Waals surface area contributed by atoms with Crippen molar-refractivity contribution in [1.29, 1.82) is 0 Å². The van der Waals surface area contributed by atoms with Crippen LogP contribution in [0, 0.1) is 0 Å². The van der Waals surface area contributed by atoms with Gasteiger partial charge in [0.2, 0.25) is 0 Å². The number of rotatable bonds is 7. The molecule has 0 spiro atoms. The average Bonchev–Trinajstić information content (AvgIpc) is 2.99. The number of nitrogens with zero attached hydrogens (tertiary/aromatic N) is 2. The summed E-state index contributed by atoms with van der Waals surface area (Å²) in [5, 5.41) is 4.31. The van der Waals surface area contributed by atoms with E-state index in [2.05, 4.69) is 10.5 Å². The third-order valence-corrected chi connectivity index (χ3v) is 4.38. The highest BCUT2D eigenvalue weighted by Gasteiger charge is 2.31. The van der Waals surface area contributed by atoms with Crippen molar-refractivity contribution in [2.24, 2.45) is 5.10 Å². The predicted octanol–water partition coefficient (Wildman–Crippen LogP) is 3.18. The first kappa shape index (κ1) is 20.5. The molecule has 2 aromatic rings. The topological polar surface area (TPSA) is 67.8 Å². The van der Waals surface area contributed by atoms with Crippen LogP contribution in [0.2, 0.25) is 0 Å². The van der Waals surface area contributed by atoms with Crippen LogP contribution in [0.5, 0.6) is 0 Å². The summed E-state index contributed by atoms with van der Waals surface area (Å²) in [6, 6.07) is 17.2. The number of hydrogen-bond acceptors (Lipinski definition) is 4. The molecule has 1 amide bonds. The Morgan fingerprint density at radius 2 is 1.79 bits per heavy atom. The molecule has 1 unspecified atom stereocenters. The Morgan fingerprint density at radius 3 is 2.52 bits per heavy atom. The number of fused-ring (bicyclic) bond motifs is 1. The fourth-order valence-electron chi connectivity index (χ4n) is 3.07. The number of likely N-dealkylation sites (N-methyl/N-ethyl adjacent to an activating group) is 1. The molecule has 6 nitrogen and oxygen atoms in total. The van der Waals surface area contributed by atoms with Gasteiger partial charge in [0, 0.05) is 12.0 Å². The largest absolute Gasteiger partial charge is 0.453 e. The van der Waals surface area contributed by atoms with Gasteiger partial charge in [-0.25, -0.2) is 10.2 Å². The molecule has 0 aliphatic carbocycles. The summed E-state index contributed by atoms with van der Waals surface area (Å²) in [6.45, 7) is 0.306. The molecule has 29 heavy (non-hydrogen) atoms. The van der Waals surface area contributed by atoms with Crippen LogP contribution in [0.3, 0.4) is 0 Å². The van der Waals surface area contributed by atoms with E-state index in [0.717, 1.165) is 11.1 Å². The van der Waals surface area contributed by atoms with Crippen LogP contribution in [0.15, 0.2) is 65.8 Å². The van der Waals surface area contributed by atoms with Crippen LogP contribution in [-0.4, -0.2) is 49.8 Å². The first-order valence-electron chi connectivity index (χ1n) is 9.51. The number of hydrazone groups is 1. The van der Waals surface area contributed by atoms with Gasteiger partial charge in [-0.2, -0.15) is 5.10 Å². The highest BCUT2D eigenvalue weighted by atomic mass is 16.5. The fraction of sp³-hybridized carbons (Fsp3) is 0.261. The van der Waals surface area contributed by atoms with Gasteiger partial charge in [0.1, 0.15) is 6.10 Å². The number of hydrogen-bond donors (Lipinski definition) is 1. The normalized spacial score (nSPS) is 16.6. The average molecular weight is 392 g/mol. The molecule has 3 rings (SSSR count). The molecule has 0 fully saturated rings. The van der Waals surface area contributed by atoms with Crippen molar-refractivity contribution < 1.29 is 18.8 Å². The lowest BCUT2D eigenvalue weighted by Crippen LogP contribution is -2.43. The van der Waals surface area contributed by atoms with E-state index in [0.29, 0.717) is 28.7 Å². The van der Waals surface area contributed by atoms with Crippen molar-refractivity contribution in [3.63, 3.8) is 0 Å². The van der Waals surface area contributed by atoms with Crippen molar-refractivity contribution in [3.05, 3.63) is 77.4 Å². The molecule has 2 aromatic carbocycles. The van der Waals surface area contributed by atoms with Gasteiger partial charge in [-0.3, -0.25) is 4.79 Å². The Hall–Kier alpha value is -3.25. The van der Waals surface area contributed by atoms with Gasteiger partial charge < -0.3 is 9.22 Å². The quantitative estimate of drug-likeness (QED) is 0.341. The number of ether oxygens (including phenoxy) is 1. The summed E-state index contributed by atoms with van der Waals surface area (Å²) in [7, 11) is 5.82. The smallest absolute Gasteiger partial charge is 0.339 e. The lowest BCUT2D eigenvalue weighted by atomic mass is 10.0. The number of esters is 1. The van der Waals surface area contributed by atoms with Gasteiger partial charge in [-0.15, -0.1) is 0 Å². The highest BCUT2D eigenvalue weighted by Crippen LogP contribution is 2.33. The van der Waals surface area contributed by atoms with E-state index >= 15 is 0 Å². The van der Waals surface area contributed by atoms with Gasteiger partial charge in [0.15, 0.2) is 6.54 Å². The standard InChI is InChI=1S/C23H25N3O3/c1-26(2,3)16-22(27)25-24-18(14-13-17-9-5-4-6-10-17)15-21-19-11-7-8-12-20(19)23(28)29-21/h4-14,21H,15-16H2,1-3H3/p+1/b14-13?,24-18-. The van der Waals surface area contributed by atoms with Gasteiger partial charge >= 0.3 is 5.97 Å². The Morgan fingerprint density at radius 1 is 1.10 bits per heavy atom. The molecule has 150 valence electrons. The van der Waals surface area contributed by atoms with Crippen molar-refractivity contribution in [2.75, 3.05) is 27.7 Å². The predicted molar refractivity (Wildman–Crippen MR) is 113 cm³/mol. The number of carbonyl (C=O) groups is 2. The zero-order valence-electron chi connectivity index (χ0n) is 17.0. The molecule has 1 heterocycles. The summed E-state index contributed by atoms with van der Waals surface area (Å²) in [6.07, 6.45) is 3.72. The van der Waals surface area contributed by atoms with Crippen LogP contribution in [0.25, 0.3) is 6.08 Å². The maximum absolute atomic E-state index is 12.2. The molecule has 1 atom stereocenters. The van der Waals surface area contributed by atoms with Gasteiger partial charge in [-0.1, -0.05) is 54.6 Å². The second kappa shape index (κ2) is 8.84. The summed E-state index contributed by atoms with van der Waals surface area (Å²) in [5.41, 5.74) is 5.69. The van der Waals surface area contributed by atoms with Crippen LogP contribution in [0.1, 0.15) is 34.0 Å². The van der Waals surface area contributed by atoms with Crippen LogP contribution >= 0.6 is 0 Å². The van der Waals surface area contributed by atoms with E-state index in [1.54, 1.807) is 6.07 Å². The first-order chi connectivity index (χ1) is 13.8. The van der Waals surface area contributed by atoms with E-state index in [-0.39, 0.29) is 11.9 Å². The molecule has 0 bridgehead atoms. The zero-order valence-corrected chi connectivity index (χ0v) is 17.0. The summed E-state index contributed by atoms with van der Waals surface area (Å²) in [4.78, 5) is 24.3. The number of allylic oxidation sites excluding steroid dienone is 1. The third kappa shape index (κ3) is 5.86. The van der Waals surface area contributed by atoms with Gasteiger partial charge in [-0.05, 0) is 17.7 Å². The third-order valence-electron chi connectivity index (χ3n) is 4.38. The maximum atomic E-state index is 12.2. The molecule has 0 aromatic heterocycles. The number of amides is 1.